The van der Waals surface area contributed by atoms with Crippen molar-refractivity contribution in [2.75, 3.05) is 7.11 Å². The van der Waals surface area contributed by atoms with Crippen molar-refractivity contribution >= 4 is 0 Å². The van der Waals surface area contributed by atoms with E-state index in [2.05, 4.69) is 17.1 Å². The second-order valence-corrected chi connectivity index (χ2v) is 6.44. The maximum absolute atomic E-state index is 9.96. The van der Waals surface area contributed by atoms with Gasteiger partial charge in [0.2, 0.25) is 11.7 Å². The van der Waals surface area contributed by atoms with Gasteiger partial charge in [-0.3, -0.25) is 0 Å². The smallest absolute Gasteiger partial charge is 0.232 e. The summed E-state index contributed by atoms with van der Waals surface area (Å²) < 4.78 is 11.2. The largest absolute Gasteiger partial charge is 0.392 e. The van der Waals surface area contributed by atoms with E-state index in [1.165, 1.54) is 0 Å². The number of aliphatic hydroxyl groups is 1. The Hall–Kier alpha value is -0.940. The highest BCUT2D eigenvalue weighted by Crippen LogP contribution is 2.42. The maximum Gasteiger partial charge on any atom is 0.232 e. The van der Waals surface area contributed by atoms with Crippen LogP contribution in [0.5, 0.6) is 0 Å². The number of aromatic nitrogens is 2. The van der Waals surface area contributed by atoms with Crippen molar-refractivity contribution in [3.8, 4) is 0 Å². The number of aliphatic hydroxyl groups excluding tert-OH is 1. The molecule has 5 heteroatoms. The molecule has 20 heavy (non-hydrogen) atoms. The van der Waals surface area contributed by atoms with Gasteiger partial charge in [0.1, 0.15) is 5.60 Å². The van der Waals surface area contributed by atoms with Gasteiger partial charge in [0.15, 0.2) is 0 Å². The van der Waals surface area contributed by atoms with Gasteiger partial charge in [0, 0.05) is 7.11 Å². The number of rotatable bonds is 3. The highest BCUT2D eigenvalue weighted by molar-refractivity contribution is 5.07. The lowest BCUT2D eigenvalue weighted by molar-refractivity contribution is -0.0609. The van der Waals surface area contributed by atoms with Crippen LogP contribution in [0.3, 0.4) is 0 Å². The van der Waals surface area contributed by atoms with Gasteiger partial charge in [-0.05, 0) is 50.9 Å². The van der Waals surface area contributed by atoms with Crippen LogP contribution < -0.4 is 0 Å². The van der Waals surface area contributed by atoms with Crippen LogP contribution in [0.15, 0.2) is 4.52 Å². The molecule has 2 saturated carbocycles. The minimum atomic E-state index is -0.391. The monoisotopic (exact) mass is 280 g/mol. The molecular formula is C15H24N2O3. The van der Waals surface area contributed by atoms with Crippen LogP contribution in [0.25, 0.3) is 0 Å². The fraction of sp³-hybridized carbons (Fsp3) is 0.867. The van der Waals surface area contributed by atoms with E-state index in [0.29, 0.717) is 11.7 Å². The van der Waals surface area contributed by atoms with Gasteiger partial charge in [-0.15, -0.1) is 0 Å². The Bertz CT molecular complexity index is 452. The molecule has 2 unspecified atom stereocenters. The van der Waals surface area contributed by atoms with Crippen molar-refractivity contribution in [1.82, 2.24) is 10.1 Å². The molecule has 0 saturated heterocycles. The summed E-state index contributed by atoms with van der Waals surface area (Å²) in [6, 6.07) is 0. The zero-order valence-corrected chi connectivity index (χ0v) is 12.3. The first-order chi connectivity index (χ1) is 9.64. The molecule has 2 atom stereocenters. The Morgan fingerprint density at radius 3 is 2.60 bits per heavy atom. The Kier molecular flexibility index (Phi) is 3.82. The van der Waals surface area contributed by atoms with Gasteiger partial charge in [0.05, 0.1) is 12.0 Å². The van der Waals surface area contributed by atoms with Crippen molar-refractivity contribution in [3.05, 3.63) is 11.7 Å². The third-order valence-corrected chi connectivity index (χ3v) is 5.12. The second-order valence-electron chi connectivity index (χ2n) is 6.44. The Morgan fingerprint density at radius 2 is 2.00 bits per heavy atom. The van der Waals surface area contributed by atoms with Gasteiger partial charge in [-0.1, -0.05) is 12.1 Å². The molecule has 0 spiro atoms. The molecule has 0 radical (unpaired) electrons. The third kappa shape index (κ3) is 2.37. The summed E-state index contributed by atoms with van der Waals surface area (Å²) in [5.74, 6) is 2.00. The zero-order chi connectivity index (χ0) is 14.2. The van der Waals surface area contributed by atoms with Crippen molar-refractivity contribution < 1.29 is 14.4 Å². The fourth-order valence-electron chi connectivity index (χ4n) is 3.55. The Balaban J connectivity index is 1.81. The first-order valence-electron chi connectivity index (χ1n) is 7.72. The maximum atomic E-state index is 9.96. The van der Waals surface area contributed by atoms with E-state index in [-0.39, 0.29) is 12.0 Å². The highest BCUT2D eigenvalue weighted by Gasteiger charge is 2.41. The predicted octanol–water partition coefficient (Wildman–Crippen LogP) is 2.75. The molecule has 0 aromatic carbocycles. The molecule has 3 rings (SSSR count). The Labute approximate surface area is 119 Å². The van der Waals surface area contributed by atoms with Crippen molar-refractivity contribution in [1.29, 1.82) is 0 Å². The first kappa shape index (κ1) is 14.0. The van der Waals surface area contributed by atoms with Gasteiger partial charge in [-0.2, -0.15) is 4.98 Å². The molecule has 0 amide bonds. The van der Waals surface area contributed by atoms with E-state index in [0.717, 1.165) is 50.9 Å². The number of hydrogen-bond donors (Lipinski definition) is 1. The SMILES string of the molecule is COC1(c2noc(C3CCCC3O)n2)CCC(C)CC1. The van der Waals surface area contributed by atoms with Crippen LogP contribution in [-0.2, 0) is 10.3 Å². The minimum Gasteiger partial charge on any atom is -0.392 e. The lowest BCUT2D eigenvalue weighted by atomic mass is 9.79. The van der Waals surface area contributed by atoms with Crippen LogP contribution in [-0.4, -0.2) is 28.5 Å². The highest BCUT2D eigenvalue weighted by atomic mass is 16.5. The van der Waals surface area contributed by atoms with E-state index >= 15 is 0 Å². The molecule has 2 aliphatic rings. The third-order valence-electron chi connectivity index (χ3n) is 5.12. The molecule has 0 bridgehead atoms. The van der Waals surface area contributed by atoms with Gasteiger partial charge in [0.25, 0.3) is 0 Å². The predicted molar refractivity (Wildman–Crippen MR) is 73.2 cm³/mol. The zero-order valence-electron chi connectivity index (χ0n) is 12.3. The average Bonchev–Trinajstić information content (AvgIpc) is 3.09. The summed E-state index contributed by atoms with van der Waals surface area (Å²) in [6.07, 6.45) is 6.58. The topological polar surface area (TPSA) is 68.4 Å². The van der Waals surface area contributed by atoms with E-state index < -0.39 is 5.60 Å². The molecule has 0 aliphatic heterocycles. The Morgan fingerprint density at radius 1 is 1.25 bits per heavy atom. The summed E-state index contributed by atoms with van der Waals surface area (Å²) in [5.41, 5.74) is -0.391. The fourth-order valence-corrected chi connectivity index (χ4v) is 3.55. The van der Waals surface area contributed by atoms with Crippen molar-refractivity contribution in [2.45, 2.75) is 69.5 Å². The van der Waals surface area contributed by atoms with Crippen LogP contribution in [0.4, 0.5) is 0 Å². The number of methoxy groups -OCH3 is 1. The van der Waals surface area contributed by atoms with Crippen molar-refractivity contribution in [3.63, 3.8) is 0 Å². The normalized spacial score (nSPS) is 38.2. The van der Waals surface area contributed by atoms with Gasteiger partial charge >= 0.3 is 0 Å². The van der Waals surface area contributed by atoms with E-state index in [9.17, 15) is 5.11 Å². The van der Waals surface area contributed by atoms with E-state index in [4.69, 9.17) is 9.26 Å². The second kappa shape index (κ2) is 5.45. The minimum absolute atomic E-state index is 0.00710. The summed E-state index contributed by atoms with van der Waals surface area (Å²) in [4.78, 5) is 4.57. The molecule has 1 aromatic heterocycles. The number of nitrogens with zero attached hydrogens (tertiary/aromatic N) is 2. The van der Waals surface area contributed by atoms with Crippen LogP contribution in [0, 0.1) is 5.92 Å². The van der Waals surface area contributed by atoms with Crippen LogP contribution in [0.2, 0.25) is 0 Å². The molecular weight excluding hydrogens is 256 g/mol. The summed E-state index contributed by atoms with van der Waals surface area (Å²) >= 11 is 0. The molecule has 1 heterocycles. The summed E-state index contributed by atoms with van der Waals surface area (Å²) in [5, 5.41) is 14.1. The molecule has 1 N–H and O–H groups in total. The molecule has 1 aromatic rings. The lowest BCUT2D eigenvalue weighted by Crippen LogP contribution is -2.34. The molecule has 2 fully saturated rings. The number of hydrogen-bond acceptors (Lipinski definition) is 5. The summed E-state index contributed by atoms with van der Waals surface area (Å²) in [7, 11) is 1.73. The van der Waals surface area contributed by atoms with E-state index in [1.54, 1.807) is 7.11 Å². The average molecular weight is 280 g/mol. The van der Waals surface area contributed by atoms with Crippen LogP contribution in [0.1, 0.15) is 69.5 Å². The first-order valence-corrected chi connectivity index (χ1v) is 7.72. The lowest BCUT2D eigenvalue weighted by Gasteiger charge is -2.35. The quantitative estimate of drug-likeness (QED) is 0.922. The van der Waals surface area contributed by atoms with Gasteiger partial charge < -0.3 is 14.4 Å². The molecule has 112 valence electrons. The standard InChI is InChI=1S/C15H24N2O3/c1-10-6-8-15(19-2,9-7-10)14-16-13(20-17-14)11-4-3-5-12(11)18/h10-12,18H,3-9H2,1-2H3. The van der Waals surface area contributed by atoms with E-state index in [1.807, 2.05) is 0 Å². The van der Waals surface area contributed by atoms with Gasteiger partial charge in [-0.25, -0.2) is 0 Å². The summed E-state index contributed by atoms with van der Waals surface area (Å²) in [6.45, 7) is 2.27. The van der Waals surface area contributed by atoms with Crippen LogP contribution >= 0.6 is 0 Å². The molecule has 5 nitrogen and oxygen atoms in total. The molecule has 2 aliphatic carbocycles. The van der Waals surface area contributed by atoms with Crippen molar-refractivity contribution in [2.24, 2.45) is 5.92 Å². The number of ether oxygens (including phenoxy) is 1.